The highest BCUT2D eigenvalue weighted by atomic mass is 35.5. The van der Waals surface area contributed by atoms with Crippen LogP contribution in [0.25, 0.3) is 0 Å². The Morgan fingerprint density at radius 2 is 2.20 bits per heavy atom. The number of halogens is 2. The third-order valence-electron chi connectivity index (χ3n) is 3.13. The highest BCUT2D eigenvalue weighted by Crippen LogP contribution is 2.17. The molecule has 0 saturated heterocycles. The molecular weight excluding hydrogens is 281 g/mol. The Morgan fingerprint density at radius 1 is 1.40 bits per heavy atom. The molecule has 108 valence electrons. The minimum Gasteiger partial charge on any atom is -0.395 e. The van der Waals surface area contributed by atoms with Crippen molar-refractivity contribution in [3.63, 3.8) is 0 Å². The van der Waals surface area contributed by atoms with Gasteiger partial charge in [0.25, 0.3) is 0 Å². The predicted octanol–water partition coefficient (Wildman–Crippen LogP) is 2.21. The van der Waals surface area contributed by atoms with E-state index in [4.69, 9.17) is 16.7 Å². The van der Waals surface area contributed by atoms with Crippen LogP contribution < -0.4 is 0 Å². The summed E-state index contributed by atoms with van der Waals surface area (Å²) in [6.45, 7) is 1.49. The number of nitrogens with zero attached hydrogens (tertiary/aromatic N) is 3. The molecule has 0 spiro atoms. The lowest BCUT2D eigenvalue weighted by atomic mass is 10.2. The Hall–Kier alpha value is -1.43. The van der Waals surface area contributed by atoms with Crippen molar-refractivity contribution in [1.29, 1.82) is 0 Å². The molecule has 1 heterocycles. The van der Waals surface area contributed by atoms with Crippen molar-refractivity contribution < 1.29 is 9.50 Å². The van der Waals surface area contributed by atoms with Crippen LogP contribution in [0.1, 0.15) is 11.3 Å². The monoisotopic (exact) mass is 297 g/mol. The average molecular weight is 298 g/mol. The molecule has 6 heteroatoms. The molecule has 1 aromatic heterocycles. The fourth-order valence-electron chi connectivity index (χ4n) is 2.01. The van der Waals surface area contributed by atoms with Gasteiger partial charge in [-0.05, 0) is 12.1 Å². The lowest BCUT2D eigenvalue weighted by Gasteiger charge is -2.21. The summed E-state index contributed by atoms with van der Waals surface area (Å²) < 4.78 is 15.7. The quantitative estimate of drug-likeness (QED) is 0.889. The van der Waals surface area contributed by atoms with Crippen molar-refractivity contribution in [3.8, 4) is 0 Å². The predicted molar refractivity (Wildman–Crippen MR) is 75.8 cm³/mol. The molecule has 0 bridgehead atoms. The van der Waals surface area contributed by atoms with Crippen molar-refractivity contribution in [2.45, 2.75) is 13.1 Å². The summed E-state index contributed by atoms with van der Waals surface area (Å²) in [6.07, 6.45) is 3.48. The molecule has 1 N–H and O–H groups in total. The van der Waals surface area contributed by atoms with Crippen LogP contribution >= 0.6 is 11.6 Å². The van der Waals surface area contributed by atoms with Gasteiger partial charge in [-0.2, -0.15) is 0 Å². The van der Waals surface area contributed by atoms with Crippen molar-refractivity contribution in [2.24, 2.45) is 7.05 Å². The Kier molecular flexibility index (Phi) is 5.11. The zero-order valence-corrected chi connectivity index (χ0v) is 12.0. The fraction of sp³-hybridized carbons (Fsp3) is 0.357. The molecule has 0 saturated carbocycles. The van der Waals surface area contributed by atoms with Crippen LogP contribution in [0.5, 0.6) is 0 Å². The van der Waals surface area contributed by atoms with Gasteiger partial charge >= 0.3 is 0 Å². The first-order valence-corrected chi connectivity index (χ1v) is 6.70. The van der Waals surface area contributed by atoms with Crippen LogP contribution in [0, 0.1) is 5.82 Å². The molecule has 4 nitrogen and oxygen atoms in total. The van der Waals surface area contributed by atoms with Gasteiger partial charge in [0, 0.05) is 43.5 Å². The van der Waals surface area contributed by atoms with Crippen molar-refractivity contribution in [2.75, 3.05) is 13.2 Å². The summed E-state index contributed by atoms with van der Waals surface area (Å²) >= 11 is 5.75. The van der Waals surface area contributed by atoms with Gasteiger partial charge in [0.1, 0.15) is 5.82 Å². The maximum atomic E-state index is 13.8. The van der Waals surface area contributed by atoms with E-state index in [1.807, 2.05) is 16.5 Å². The Bertz CT molecular complexity index is 573. The van der Waals surface area contributed by atoms with E-state index in [9.17, 15) is 4.39 Å². The highest BCUT2D eigenvalue weighted by Gasteiger charge is 2.12. The number of imidazole rings is 1. The first kappa shape index (κ1) is 15.0. The van der Waals surface area contributed by atoms with E-state index < -0.39 is 0 Å². The van der Waals surface area contributed by atoms with Gasteiger partial charge in [-0.15, -0.1) is 0 Å². The number of hydrogen-bond donors (Lipinski definition) is 1. The number of hydrogen-bond acceptors (Lipinski definition) is 3. The van der Waals surface area contributed by atoms with Crippen LogP contribution in [0.15, 0.2) is 30.7 Å². The van der Waals surface area contributed by atoms with E-state index in [1.165, 1.54) is 6.07 Å². The van der Waals surface area contributed by atoms with E-state index in [1.54, 1.807) is 24.7 Å². The Labute approximate surface area is 122 Å². The molecule has 2 rings (SSSR count). The van der Waals surface area contributed by atoms with Gasteiger partial charge in [0.05, 0.1) is 18.6 Å². The SMILES string of the molecule is Cn1cncc1CN(CCO)Cc1ccc(Cl)cc1F. The summed E-state index contributed by atoms with van der Waals surface area (Å²) in [4.78, 5) is 6.02. The smallest absolute Gasteiger partial charge is 0.129 e. The second-order valence-corrected chi connectivity index (χ2v) is 5.10. The average Bonchev–Trinajstić information content (AvgIpc) is 2.79. The lowest BCUT2D eigenvalue weighted by Crippen LogP contribution is -2.27. The van der Waals surface area contributed by atoms with Crippen LogP contribution in [0.4, 0.5) is 4.39 Å². The van der Waals surface area contributed by atoms with Crippen LogP contribution in [-0.4, -0.2) is 32.7 Å². The number of aliphatic hydroxyl groups is 1. The summed E-state index contributed by atoms with van der Waals surface area (Å²) in [6, 6.07) is 4.64. The highest BCUT2D eigenvalue weighted by molar-refractivity contribution is 6.30. The minimum absolute atomic E-state index is 0.0209. The molecule has 0 aliphatic heterocycles. The number of aryl methyl sites for hydroxylation is 1. The Morgan fingerprint density at radius 3 is 2.80 bits per heavy atom. The second-order valence-electron chi connectivity index (χ2n) is 4.67. The van der Waals surface area contributed by atoms with Gasteiger partial charge in [-0.1, -0.05) is 17.7 Å². The molecule has 0 atom stereocenters. The maximum absolute atomic E-state index is 13.8. The summed E-state index contributed by atoms with van der Waals surface area (Å²) in [5.41, 5.74) is 1.57. The Balaban J connectivity index is 2.11. The third kappa shape index (κ3) is 3.79. The summed E-state index contributed by atoms with van der Waals surface area (Å²) in [5, 5.41) is 9.53. The molecule has 1 aromatic carbocycles. The summed E-state index contributed by atoms with van der Waals surface area (Å²) in [5.74, 6) is -0.328. The fourth-order valence-corrected chi connectivity index (χ4v) is 2.17. The second kappa shape index (κ2) is 6.83. The zero-order valence-electron chi connectivity index (χ0n) is 11.3. The first-order valence-electron chi connectivity index (χ1n) is 6.32. The first-order chi connectivity index (χ1) is 9.60. The largest absolute Gasteiger partial charge is 0.395 e. The number of aliphatic hydroxyl groups excluding tert-OH is 1. The van der Waals surface area contributed by atoms with Gasteiger partial charge in [0.15, 0.2) is 0 Å². The molecule has 0 radical (unpaired) electrons. The van der Waals surface area contributed by atoms with Crippen molar-refractivity contribution in [1.82, 2.24) is 14.5 Å². The van der Waals surface area contributed by atoms with Crippen LogP contribution in [0.2, 0.25) is 5.02 Å². The number of rotatable bonds is 6. The van der Waals surface area contributed by atoms with E-state index in [-0.39, 0.29) is 12.4 Å². The van der Waals surface area contributed by atoms with Gasteiger partial charge in [0.2, 0.25) is 0 Å². The lowest BCUT2D eigenvalue weighted by molar-refractivity contribution is 0.180. The van der Waals surface area contributed by atoms with E-state index in [0.29, 0.717) is 30.2 Å². The van der Waals surface area contributed by atoms with E-state index in [2.05, 4.69) is 4.98 Å². The van der Waals surface area contributed by atoms with Gasteiger partial charge < -0.3 is 9.67 Å². The van der Waals surface area contributed by atoms with Crippen LogP contribution in [0.3, 0.4) is 0 Å². The molecule has 0 aliphatic carbocycles. The van der Waals surface area contributed by atoms with E-state index in [0.717, 1.165) is 5.69 Å². The molecular formula is C14H17ClFN3O. The topological polar surface area (TPSA) is 41.3 Å². The molecule has 0 aliphatic rings. The normalized spacial score (nSPS) is 11.2. The van der Waals surface area contributed by atoms with Crippen molar-refractivity contribution >= 4 is 11.6 Å². The molecule has 0 fully saturated rings. The maximum Gasteiger partial charge on any atom is 0.129 e. The van der Waals surface area contributed by atoms with Crippen LogP contribution in [-0.2, 0) is 20.1 Å². The van der Waals surface area contributed by atoms with Gasteiger partial charge in [-0.3, -0.25) is 4.90 Å². The standard InChI is InChI=1S/C14H17ClFN3O/c1-18-10-17-7-13(18)9-19(4-5-20)8-11-2-3-12(15)6-14(11)16/h2-3,6-7,10,20H,4-5,8-9H2,1H3. The molecule has 0 amide bonds. The summed E-state index contributed by atoms with van der Waals surface area (Å²) in [7, 11) is 1.91. The minimum atomic E-state index is -0.328. The van der Waals surface area contributed by atoms with E-state index >= 15 is 0 Å². The molecule has 20 heavy (non-hydrogen) atoms. The third-order valence-corrected chi connectivity index (χ3v) is 3.36. The number of aromatic nitrogens is 2. The molecule has 0 unspecified atom stereocenters. The molecule has 2 aromatic rings. The zero-order chi connectivity index (χ0) is 14.5. The van der Waals surface area contributed by atoms with Crippen molar-refractivity contribution in [3.05, 3.63) is 52.8 Å². The number of benzene rings is 1. The van der Waals surface area contributed by atoms with Gasteiger partial charge in [-0.25, -0.2) is 9.37 Å².